The van der Waals surface area contributed by atoms with E-state index in [-0.39, 0.29) is 0 Å². The summed E-state index contributed by atoms with van der Waals surface area (Å²) >= 11 is 0. The Morgan fingerprint density at radius 2 is 1.71 bits per heavy atom. The summed E-state index contributed by atoms with van der Waals surface area (Å²) in [7, 11) is 0. The van der Waals surface area contributed by atoms with Crippen LogP contribution < -0.4 is 5.32 Å². The molecule has 0 atom stereocenters. The lowest BCUT2D eigenvalue weighted by atomic mass is 9.73. The second-order valence-electron chi connectivity index (χ2n) is 5.33. The molecule has 0 heterocycles. The molecular formula is C13H25N. The Kier molecular flexibility index (Phi) is 3.48. The second kappa shape index (κ2) is 4.65. The Labute approximate surface area is 88.7 Å². The molecule has 0 aliphatic heterocycles. The van der Waals surface area contributed by atoms with Gasteiger partial charge >= 0.3 is 0 Å². The van der Waals surface area contributed by atoms with Crippen molar-refractivity contribution < 1.29 is 0 Å². The van der Waals surface area contributed by atoms with Crippen molar-refractivity contribution in [2.45, 2.75) is 58.3 Å². The highest BCUT2D eigenvalue weighted by molar-refractivity contribution is 4.93. The van der Waals surface area contributed by atoms with E-state index in [1.807, 2.05) is 0 Å². The third-order valence-corrected chi connectivity index (χ3v) is 4.55. The highest BCUT2D eigenvalue weighted by atomic mass is 14.9. The van der Waals surface area contributed by atoms with E-state index in [1.54, 1.807) is 0 Å². The number of hydrogen-bond acceptors (Lipinski definition) is 1. The molecule has 1 heteroatoms. The molecule has 0 saturated heterocycles. The van der Waals surface area contributed by atoms with Gasteiger partial charge < -0.3 is 5.32 Å². The van der Waals surface area contributed by atoms with Gasteiger partial charge in [0.25, 0.3) is 0 Å². The lowest BCUT2D eigenvalue weighted by Crippen LogP contribution is -2.37. The Hall–Kier alpha value is -0.0400. The van der Waals surface area contributed by atoms with Crippen LogP contribution in [0.2, 0.25) is 0 Å². The molecule has 0 aromatic rings. The quantitative estimate of drug-likeness (QED) is 0.725. The van der Waals surface area contributed by atoms with Crippen LogP contribution in [0.4, 0.5) is 0 Å². The Bertz CT molecular complexity index is 164. The molecule has 82 valence electrons. The van der Waals surface area contributed by atoms with Crippen molar-refractivity contribution in [3.05, 3.63) is 0 Å². The standard InChI is InChI=1S/C13H25N/c1-2-14-11-13(9-5-6-10-13)12-7-3-4-8-12/h12,14H,2-11H2,1H3. The van der Waals surface area contributed by atoms with Gasteiger partial charge in [-0.2, -0.15) is 0 Å². The molecule has 0 spiro atoms. The SMILES string of the molecule is CCNCC1(C2CCCC2)CCCC1. The Balaban J connectivity index is 1.97. The molecule has 0 bridgehead atoms. The number of nitrogens with one attached hydrogen (secondary N) is 1. The van der Waals surface area contributed by atoms with Gasteiger partial charge in [-0.15, -0.1) is 0 Å². The third kappa shape index (κ3) is 1.98. The van der Waals surface area contributed by atoms with Crippen LogP contribution in [0.5, 0.6) is 0 Å². The Morgan fingerprint density at radius 1 is 1.07 bits per heavy atom. The van der Waals surface area contributed by atoms with Gasteiger partial charge in [0.1, 0.15) is 0 Å². The van der Waals surface area contributed by atoms with Gasteiger partial charge in [0.15, 0.2) is 0 Å². The molecule has 2 saturated carbocycles. The van der Waals surface area contributed by atoms with Crippen LogP contribution in [-0.4, -0.2) is 13.1 Å². The summed E-state index contributed by atoms with van der Waals surface area (Å²) in [5.41, 5.74) is 0.715. The maximum Gasteiger partial charge on any atom is 0.00103 e. The van der Waals surface area contributed by atoms with Gasteiger partial charge in [-0.1, -0.05) is 32.6 Å². The lowest BCUT2D eigenvalue weighted by molar-refractivity contribution is 0.164. The van der Waals surface area contributed by atoms with Crippen LogP contribution in [-0.2, 0) is 0 Å². The van der Waals surface area contributed by atoms with Gasteiger partial charge in [0.05, 0.1) is 0 Å². The van der Waals surface area contributed by atoms with E-state index in [0.717, 1.165) is 12.5 Å². The molecule has 2 aliphatic carbocycles. The Morgan fingerprint density at radius 3 is 2.29 bits per heavy atom. The smallest absolute Gasteiger partial charge is 0.00103 e. The molecule has 1 N–H and O–H groups in total. The molecule has 14 heavy (non-hydrogen) atoms. The molecule has 0 aromatic carbocycles. The van der Waals surface area contributed by atoms with Crippen molar-refractivity contribution in [2.24, 2.45) is 11.3 Å². The predicted molar refractivity (Wildman–Crippen MR) is 61.4 cm³/mol. The summed E-state index contributed by atoms with van der Waals surface area (Å²) in [5.74, 6) is 1.06. The van der Waals surface area contributed by atoms with E-state index in [9.17, 15) is 0 Å². The summed E-state index contributed by atoms with van der Waals surface area (Å²) in [4.78, 5) is 0. The van der Waals surface area contributed by atoms with Gasteiger partial charge in [0.2, 0.25) is 0 Å². The normalized spacial score (nSPS) is 27.2. The molecule has 0 amide bonds. The van der Waals surface area contributed by atoms with Crippen LogP contribution in [0.25, 0.3) is 0 Å². The van der Waals surface area contributed by atoms with E-state index in [4.69, 9.17) is 0 Å². The van der Waals surface area contributed by atoms with Crippen molar-refractivity contribution in [1.82, 2.24) is 5.32 Å². The molecule has 0 radical (unpaired) electrons. The highest BCUT2D eigenvalue weighted by Gasteiger charge is 2.41. The van der Waals surface area contributed by atoms with Gasteiger partial charge in [-0.05, 0) is 43.6 Å². The average molecular weight is 195 g/mol. The zero-order valence-electron chi connectivity index (χ0n) is 9.65. The minimum absolute atomic E-state index is 0.715. The molecule has 2 rings (SSSR count). The number of rotatable bonds is 4. The molecule has 2 fully saturated rings. The molecule has 2 aliphatic rings. The van der Waals surface area contributed by atoms with Gasteiger partial charge in [0, 0.05) is 6.54 Å². The van der Waals surface area contributed by atoms with Crippen molar-refractivity contribution in [1.29, 1.82) is 0 Å². The summed E-state index contributed by atoms with van der Waals surface area (Å²) < 4.78 is 0. The first-order valence-electron chi connectivity index (χ1n) is 6.58. The molecular weight excluding hydrogens is 170 g/mol. The van der Waals surface area contributed by atoms with E-state index >= 15 is 0 Å². The minimum atomic E-state index is 0.715. The topological polar surface area (TPSA) is 12.0 Å². The zero-order chi connectivity index (χ0) is 9.86. The van der Waals surface area contributed by atoms with Crippen LogP contribution in [0.3, 0.4) is 0 Å². The van der Waals surface area contributed by atoms with Crippen molar-refractivity contribution in [3.63, 3.8) is 0 Å². The summed E-state index contributed by atoms with van der Waals surface area (Å²) in [5, 5.41) is 3.61. The first-order valence-corrected chi connectivity index (χ1v) is 6.58. The molecule has 0 aromatic heterocycles. The van der Waals surface area contributed by atoms with E-state index in [0.29, 0.717) is 5.41 Å². The van der Waals surface area contributed by atoms with Crippen LogP contribution in [0, 0.1) is 11.3 Å². The van der Waals surface area contributed by atoms with Gasteiger partial charge in [-0.25, -0.2) is 0 Å². The second-order valence-corrected chi connectivity index (χ2v) is 5.33. The summed E-state index contributed by atoms with van der Waals surface area (Å²) in [6, 6.07) is 0. The average Bonchev–Trinajstić information content (AvgIpc) is 2.86. The fourth-order valence-corrected chi connectivity index (χ4v) is 3.72. The largest absolute Gasteiger partial charge is 0.316 e. The predicted octanol–water partition coefficient (Wildman–Crippen LogP) is 3.35. The van der Waals surface area contributed by atoms with E-state index in [1.165, 1.54) is 57.9 Å². The van der Waals surface area contributed by atoms with E-state index in [2.05, 4.69) is 12.2 Å². The summed E-state index contributed by atoms with van der Waals surface area (Å²) in [6.45, 7) is 4.68. The fourth-order valence-electron chi connectivity index (χ4n) is 3.72. The fraction of sp³-hybridized carbons (Fsp3) is 1.00. The maximum atomic E-state index is 3.61. The van der Waals surface area contributed by atoms with Crippen molar-refractivity contribution in [3.8, 4) is 0 Å². The first-order chi connectivity index (χ1) is 6.87. The van der Waals surface area contributed by atoms with Crippen LogP contribution in [0.15, 0.2) is 0 Å². The van der Waals surface area contributed by atoms with E-state index < -0.39 is 0 Å². The van der Waals surface area contributed by atoms with Crippen molar-refractivity contribution in [2.75, 3.05) is 13.1 Å². The monoisotopic (exact) mass is 195 g/mol. The van der Waals surface area contributed by atoms with Gasteiger partial charge in [-0.3, -0.25) is 0 Å². The first kappa shape index (κ1) is 10.5. The lowest BCUT2D eigenvalue weighted by Gasteiger charge is -2.35. The summed E-state index contributed by atoms with van der Waals surface area (Å²) in [6.07, 6.45) is 12.0. The highest BCUT2D eigenvalue weighted by Crippen LogP contribution is 2.50. The van der Waals surface area contributed by atoms with Crippen molar-refractivity contribution >= 4 is 0 Å². The van der Waals surface area contributed by atoms with Crippen LogP contribution in [0.1, 0.15) is 58.3 Å². The molecule has 1 nitrogen and oxygen atoms in total. The third-order valence-electron chi connectivity index (χ3n) is 4.55. The maximum absolute atomic E-state index is 3.61. The van der Waals surface area contributed by atoms with Crippen LogP contribution >= 0.6 is 0 Å². The molecule has 0 unspecified atom stereocenters. The number of hydrogen-bond donors (Lipinski definition) is 1. The minimum Gasteiger partial charge on any atom is -0.316 e. The zero-order valence-corrected chi connectivity index (χ0v) is 9.65.